The zero-order valence-corrected chi connectivity index (χ0v) is 12.9. The maximum atomic E-state index is 12.8. The molecule has 5 heteroatoms. The minimum Gasteiger partial charge on any atom is -0.335 e. The van der Waals surface area contributed by atoms with E-state index in [1.54, 1.807) is 11.5 Å². The van der Waals surface area contributed by atoms with Gasteiger partial charge < -0.3 is 9.80 Å². The van der Waals surface area contributed by atoms with Crippen LogP contribution in [-0.2, 0) is 12.8 Å². The number of likely N-dealkylation sites (N-methyl/N-ethyl adjacent to an activating group) is 1. The number of amides is 1. The molecule has 0 bridgehead atoms. The highest BCUT2D eigenvalue weighted by atomic mass is 16.2. The predicted molar refractivity (Wildman–Crippen MR) is 80.8 cm³/mol. The predicted octanol–water partition coefficient (Wildman–Crippen LogP) is 1.41. The number of aromatic nitrogens is 1. The molecule has 1 aromatic heterocycles. The maximum Gasteiger partial charge on any atom is 0.271 e. The molecule has 3 rings (SSSR count). The molecule has 1 amide bonds. The van der Waals surface area contributed by atoms with E-state index >= 15 is 0 Å². The van der Waals surface area contributed by atoms with Crippen molar-refractivity contribution in [2.45, 2.75) is 32.6 Å². The molecule has 0 aromatic carbocycles. The van der Waals surface area contributed by atoms with Gasteiger partial charge in [0.25, 0.3) is 5.91 Å². The Labute approximate surface area is 125 Å². The van der Waals surface area contributed by atoms with Crippen LogP contribution in [0.3, 0.4) is 0 Å². The molecule has 114 valence electrons. The van der Waals surface area contributed by atoms with Gasteiger partial charge >= 0.3 is 0 Å². The lowest BCUT2D eigenvalue weighted by atomic mass is 9.98. The molecule has 0 spiro atoms. The van der Waals surface area contributed by atoms with E-state index < -0.39 is 0 Å². The van der Waals surface area contributed by atoms with Crippen LogP contribution in [0.15, 0.2) is 6.07 Å². The molecule has 1 aliphatic carbocycles. The Morgan fingerprint density at radius 2 is 1.71 bits per heavy atom. The number of rotatable bonds is 1. The molecule has 0 radical (unpaired) electrons. The van der Waals surface area contributed by atoms with Gasteiger partial charge in [0.05, 0.1) is 0 Å². The molecule has 1 aliphatic heterocycles. The third-order valence-electron chi connectivity index (χ3n) is 4.63. The number of hydrogen-bond acceptors (Lipinski definition) is 3. The number of piperazine rings is 1. The first-order valence-corrected chi connectivity index (χ1v) is 7.80. The summed E-state index contributed by atoms with van der Waals surface area (Å²) < 4.78 is 1.66. The van der Waals surface area contributed by atoms with Crippen molar-refractivity contribution in [1.82, 2.24) is 14.4 Å². The number of carbonyl (C=O) groups excluding carboxylic acids is 2. The summed E-state index contributed by atoms with van der Waals surface area (Å²) in [6, 6.07) is 1.95. The number of carbonyl (C=O) groups is 2. The zero-order chi connectivity index (χ0) is 15.0. The van der Waals surface area contributed by atoms with Crippen LogP contribution in [0.5, 0.6) is 0 Å². The minimum atomic E-state index is -0.0457. The smallest absolute Gasteiger partial charge is 0.271 e. The molecule has 1 fully saturated rings. The van der Waals surface area contributed by atoms with Crippen LogP contribution in [-0.4, -0.2) is 59.4 Å². The third-order valence-corrected chi connectivity index (χ3v) is 4.63. The highest BCUT2D eigenvalue weighted by Gasteiger charge is 2.28. The molecular weight excluding hydrogens is 266 g/mol. The highest BCUT2D eigenvalue weighted by molar-refractivity contribution is 5.97. The number of hydrogen-bond donors (Lipinski definition) is 0. The second-order valence-electron chi connectivity index (χ2n) is 6.16. The SMILES string of the molecule is CC(=O)n1c(C(=O)N2CCN(C)CC2)cc2c1CCCC2. The van der Waals surface area contributed by atoms with Gasteiger partial charge in [0.15, 0.2) is 0 Å². The number of fused-ring (bicyclic) bond motifs is 1. The van der Waals surface area contributed by atoms with Crippen LogP contribution in [0.25, 0.3) is 0 Å². The zero-order valence-electron chi connectivity index (χ0n) is 12.9. The van der Waals surface area contributed by atoms with Gasteiger partial charge in [0.1, 0.15) is 5.69 Å². The van der Waals surface area contributed by atoms with Crippen LogP contribution < -0.4 is 0 Å². The fraction of sp³-hybridized carbons (Fsp3) is 0.625. The van der Waals surface area contributed by atoms with Crippen molar-refractivity contribution in [3.05, 3.63) is 23.0 Å². The quantitative estimate of drug-likeness (QED) is 0.785. The Bertz CT molecular complexity index is 568. The molecular formula is C16H23N3O2. The average Bonchev–Trinajstić information content (AvgIpc) is 2.86. The molecule has 0 N–H and O–H groups in total. The second kappa shape index (κ2) is 5.64. The topological polar surface area (TPSA) is 45.6 Å². The normalized spacial score (nSPS) is 19.4. The van der Waals surface area contributed by atoms with Crippen LogP contribution >= 0.6 is 0 Å². The van der Waals surface area contributed by atoms with Crippen LogP contribution in [0, 0.1) is 0 Å². The van der Waals surface area contributed by atoms with E-state index in [0.29, 0.717) is 5.69 Å². The molecule has 21 heavy (non-hydrogen) atoms. The van der Waals surface area contributed by atoms with Gasteiger partial charge in [-0.1, -0.05) is 0 Å². The lowest BCUT2D eigenvalue weighted by Crippen LogP contribution is -2.47. The Balaban J connectivity index is 1.92. The van der Waals surface area contributed by atoms with Crippen molar-refractivity contribution in [3.8, 4) is 0 Å². The largest absolute Gasteiger partial charge is 0.335 e. The van der Waals surface area contributed by atoms with Gasteiger partial charge in [-0.2, -0.15) is 0 Å². The summed E-state index contributed by atoms with van der Waals surface area (Å²) in [5.74, 6) is -0.0386. The van der Waals surface area contributed by atoms with Gasteiger partial charge in [0, 0.05) is 38.8 Å². The van der Waals surface area contributed by atoms with E-state index in [1.807, 2.05) is 11.0 Å². The molecule has 1 aromatic rings. The fourth-order valence-corrected chi connectivity index (χ4v) is 3.39. The summed E-state index contributed by atoms with van der Waals surface area (Å²) >= 11 is 0. The van der Waals surface area contributed by atoms with Crippen molar-refractivity contribution < 1.29 is 9.59 Å². The van der Waals surface area contributed by atoms with Gasteiger partial charge in [-0.25, -0.2) is 0 Å². The van der Waals surface area contributed by atoms with E-state index in [1.165, 1.54) is 5.56 Å². The van der Waals surface area contributed by atoms with E-state index in [9.17, 15) is 9.59 Å². The van der Waals surface area contributed by atoms with Crippen molar-refractivity contribution >= 4 is 11.8 Å². The fourth-order valence-electron chi connectivity index (χ4n) is 3.39. The molecule has 0 unspecified atom stereocenters. The highest BCUT2D eigenvalue weighted by Crippen LogP contribution is 2.26. The van der Waals surface area contributed by atoms with E-state index in [2.05, 4.69) is 11.9 Å². The molecule has 2 heterocycles. The molecule has 0 atom stereocenters. The van der Waals surface area contributed by atoms with Gasteiger partial charge in [0.2, 0.25) is 5.91 Å². The Kier molecular flexibility index (Phi) is 3.85. The van der Waals surface area contributed by atoms with E-state index in [-0.39, 0.29) is 11.8 Å². The van der Waals surface area contributed by atoms with Gasteiger partial charge in [-0.05, 0) is 44.4 Å². The van der Waals surface area contributed by atoms with Crippen molar-refractivity contribution in [2.24, 2.45) is 0 Å². The average molecular weight is 289 g/mol. The third kappa shape index (κ3) is 2.62. The Hall–Kier alpha value is -1.62. The lowest BCUT2D eigenvalue weighted by molar-refractivity contribution is 0.0645. The first-order chi connectivity index (χ1) is 10.1. The first kappa shape index (κ1) is 14.3. The van der Waals surface area contributed by atoms with E-state index in [0.717, 1.165) is 57.6 Å². The van der Waals surface area contributed by atoms with Crippen molar-refractivity contribution in [2.75, 3.05) is 33.2 Å². The van der Waals surface area contributed by atoms with Gasteiger partial charge in [-0.15, -0.1) is 0 Å². The molecule has 2 aliphatic rings. The number of nitrogens with zero attached hydrogens (tertiary/aromatic N) is 3. The maximum absolute atomic E-state index is 12.8. The summed E-state index contributed by atoms with van der Waals surface area (Å²) in [5.41, 5.74) is 2.82. The standard InChI is InChI=1S/C16H23N3O2/c1-12(20)19-14-6-4-3-5-13(14)11-15(19)16(21)18-9-7-17(2)8-10-18/h11H,3-10H2,1-2H3. The monoisotopic (exact) mass is 289 g/mol. The summed E-state index contributed by atoms with van der Waals surface area (Å²) in [6.07, 6.45) is 4.15. The van der Waals surface area contributed by atoms with Gasteiger partial charge in [-0.3, -0.25) is 14.2 Å². The molecule has 5 nitrogen and oxygen atoms in total. The van der Waals surface area contributed by atoms with Crippen molar-refractivity contribution in [1.29, 1.82) is 0 Å². The van der Waals surface area contributed by atoms with Crippen LogP contribution in [0.2, 0.25) is 0 Å². The van der Waals surface area contributed by atoms with E-state index in [4.69, 9.17) is 0 Å². The second-order valence-corrected chi connectivity index (χ2v) is 6.16. The Morgan fingerprint density at radius 1 is 1.05 bits per heavy atom. The lowest BCUT2D eigenvalue weighted by Gasteiger charge is -2.32. The van der Waals surface area contributed by atoms with Crippen LogP contribution in [0.1, 0.15) is 46.3 Å². The summed E-state index contributed by atoms with van der Waals surface area (Å²) in [6.45, 7) is 4.82. The Morgan fingerprint density at radius 3 is 2.38 bits per heavy atom. The number of aryl methyl sites for hydroxylation is 1. The first-order valence-electron chi connectivity index (χ1n) is 7.80. The summed E-state index contributed by atoms with van der Waals surface area (Å²) in [7, 11) is 2.07. The minimum absolute atomic E-state index is 0.00713. The molecule has 1 saturated heterocycles. The van der Waals surface area contributed by atoms with Crippen LogP contribution in [0.4, 0.5) is 0 Å². The summed E-state index contributed by atoms with van der Waals surface area (Å²) in [4.78, 5) is 28.9. The summed E-state index contributed by atoms with van der Waals surface area (Å²) in [5, 5.41) is 0. The molecule has 0 saturated carbocycles. The van der Waals surface area contributed by atoms with Crippen molar-refractivity contribution in [3.63, 3.8) is 0 Å².